The van der Waals surface area contributed by atoms with Crippen molar-refractivity contribution in [1.82, 2.24) is 9.88 Å². The Labute approximate surface area is 146 Å². The van der Waals surface area contributed by atoms with Crippen LogP contribution in [0.4, 0.5) is 5.69 Å². The van der Waals surface area contributed by atoms with Crippen molar-refractivity contribution in [3.63, 3.8) is 0 Å². The summed E-state index contributed by atoms with van der Waals surface area (Å²) in [6.45, 7) is 5.43. The Morgan fingerprint density at radius 2 is 1.96 bits per heavy atom. The lowest BCUT2D eigenvalue weighted by Crippen LogP contribution is -2.48. The second-order valence-corrected chi connectivity index (χ2v) is 8.40. The Balaban J connectivity index is 1.44. The minimum atomic E-state index is 0.418. The van der Waals surface area contributed by atoms with Crippen LogP contribution < -0.4 is 4.90 Å². The fraction of sp³-hybridized carbons (Fsp3) is 0.750. The highest BCUT2D eigenvalue weighted by Crippen LogP contribution is 2.41. The van der Waals surface area contributed by atoms with Gasteiger partial charge in [-0.1, -0.05) is 0 Å². The molecule has 2 aliphatic carbocycles. The molecule has 1 aromatic heterocycles. The van der Waals surface area contributed by atoms with Gasteiger partial charge < -0.3 is 14.5 Å². The van der Waals surface area contributed by atoms with Crippen LogP contribution in [0.1, 0.15) is 31.4 Å². The topological polar surface area (TPSA) is 28.6 Å². The van der Waals surface area contributed by atoms with E-state index in [1.54, 1.807) is 0 Å². The Morgan fingerprint density at radius 1 is 1.21 bits per heavy atom. The summed E-state index contributed by atoms with van der Waals surface area (Å²) in [4.78, 5) is 9.31. The molecule has 2 heterocycles. The number of rotatable bonds is 5. The first kappa shape index (κ1) is 16.3. The highest BCUT2D eigenvalue weighted by Gasteiger charge is 2.43. The number of likely N-dealkylation sites (N-methyl/N-ethyl adjacent to an activating group) is 1. The Kier molecular flexibility index (Phi) is 4.52. The number of fused-ring (bicyclic) bond motifs is 1. The van der Waals surface area contributed by atoms with Crippen LogP contribution in [0, 0.1) is 24.7 Å². The SMILES string of the molecule is Cc1cc(N2C[C@H]3C[C@@H](N(C)C)[C@H](OCC4CC4)C[C@H]3C2)ccn1. The van der Waals surface area contributed by atoms with Crippen LogP contribution in [0.2, 0.25) is 0 Å². The lowest BCUT2D eigenvalue weighted by atomic mass is 9.77. The number of aromatic nitrogens is 1. The van der Waals surface area contributed by atoms with E-state index in [4.69, 9.17) is 4.74 Å². The van der Waals surface area contributed by atoms with Gasteiger partial charge >= 0.3 is 0 Å². The van der Waals surface area contributed by atoms with E-state index in [9.17, 15) is 0 Å². The average Bonchev–Trinajstić information content (AvgIpc) is 3.29. The van der Waals surface area contributed by atoms with Crippen molar-refractivity contribution in [3.05, 3.63) is 24.0 Å². The van der Waals surface area contributed by atoms with Crippen molar-refractivity contribution in [3.8, 4) is 0 Å². The molecule has 1 saturated heterocycles. The highest BCUT2D eigenvalue weighted by molar-refractivity contribution is 5.47. The average molecular weight is 329 g/mol. The van der Waals surface area contributed by atoms with E-state index in [0.717, 1.165) is 30.1 Å². The Bertz CT molecular complexity index is 572. The van der Waals surface area contributed by atoms with Crippen LogP contribution >= 0.6 is 0 Å². The van der Waals surface area contributed by atoms with E-state index in [1.807, 2.05) is 6.20 Å². The summed E-state index contributed by atoms with van der Waals surface area (Å²) in [6, 6.07) is 4.96. The fourth-order valence-corrected chi connectivity index (χ4v) is 4.60. The maximum Gasteiger partial charge on any atom is 0.0733 e. The lowest BCUT2D eigenvalue weighted by molar-refractivity contribution is -0.0493. The predicted molar refractivity (Wildman–Crippen MR) is 97.3 cm³/mol. The predicted octanol–water partition coefficient (Wildman–Crippen LogP) is 2.96. The summed E-state index contributed by atoms with van der Waals surface area (Å²) < 4.78 is 6.38. The van der Waals surface area contributed by atoms with Crippen LogP contribution in [0.25, 0.3) is 0 Å². The number of hydrogen-bond acceptors (Lipinski definition) is 4. The highest BCUT2D eigenvalue weighted by atomic mass is 16.5. The number of pyridine rings is 1. The van der Waals surface area contributed by atoms with Crippen molar-refractivity contribution >= 4 is 5.69 Å². The molecule has 2 saturated carbocycles. The van der Waals surface area contributed by atoms with Gasteiger partial charge in [-0.3, -0.25) is 4.98 Å². The van der Waals surface area contributed by atoms with Gasteiger partial charge in [0.15, 0.2) is 0 Å². The van der Waals surface area contributed by atoms with Gasteiger partial charge in [-0.25, -0.2) is 0 Å². The third kappa shape index (κ3) is 3.45. The van der Waals surface area contributed by atoms with Crippen molar-refractivity contribution in [2.75, 3.05) is 38.7 Å². The first-order valence-corrected chi connectivity index (χ1v) is 9.56. The third-order valence-electron chi connectivity index (χ3n) is 6.24. The van der Waals surface area contributed by atoms with E-state index in [-0.39, 0.29) is 0 Å². The summed E-state index contributed by atoms with van der Waals surface area (Å²) in [5.74, 6) is 2.43. The molecule has 0 spiro atoms. The molecule has 0 bridgehead atoms. The maximum absolute atomic E-state index is 6.38. The quantitative estimate of drug-likeness (QED) is 0.830. The molecule has 4 heteroatoms. The standard InChI is InChI=1S/C20H31N3O/c1-14-8-18(6-7-21-14)23-11-16-9-19(22(2)3)20(10-17(16)12-23)24-13-15-4-5-15/h6-8,15-17,19-20H,4-5,9-13H2,1-3H3/t16-,17+,19-,20-/m1/s1. The zero-order valence-electron chi connectivity index (χ0n) is 15.3. The zero-order valence-corrected chi connectivity index (χ0v) is 15.3. The van der Waals surface area contributed by atoms with E-state index in [1.165, 1.54) is 44.5 Å². The molecule has 0 N–H and O–H groups in total. The van der Waals surface area contributed by atoms with Crippen LogP contribution in [-0.2, 0) is 4.74 Å². The largest absolute Gasteiger partial charge is 0.376 e. The second-order valence-electron chi connectivity index (χ2n) is 8.40. The number of hydrogen-bond donors (Lipinski definition) is 0. The summed E-state index contributed by atoms with van der Waals surface area (Å²) in [6.07, 6.45) is 7.60. The number of anilines is 1. The van der Waals surface area contributed by atoms with Gasteiger partial charge in [0.1, 0.15) is 0 Å². The molecule has 1 aliphatic heterocycles. The van der Waals surface area contributed by atoms with Crippen LogP contribution in [0.5, 0.6) is 0 Å². The van der Waals surface area contributed by atoms with Gasteiger partial charge in [0, 0.05) is 43.3 Å². The molecule has 4 atom stereocenters. The second kappa shape index (κ2) is 6.64. The minimum absolute atomic E-state index is 0.418. The van der Waals surface area contributed by atoms with Crippen molar-refractivity contribution in [2.45, 2.75) is 44.8 Å². The molecule has 132 valence electrons. The maximum atomic E-state index is 6.38. The normalized spacial score (nSPS) is 33.1. The van der Waals surface area contributed by atoms with Crippen LogP contribution in [0.15, 0.2) is 18.3 Å². The van der Waals surface area contributed by atoms with Gasteiger partial charge in [0.05, 0.1) is 6.10 Å². The molecule has 0 radical (unpaired) electrons. The van der Waals surface area contributed by atoms with Gasteiger partial charge in [0.2, 0.25) is 0 Å². The van der Waals surface area contributed by atoms with Gasteiger partial charge in [-0.05, 0) is 76.6 Å². The van der Waals surface area contributed by atoms with Crippen molar-refractivity contribution in [2.24, 2.45) is 17.8 Å². The van der Waals surface area contributed by atoms with Crippen LogP contribution in [0.3, 0.4) is 0 Å². The van der Waals surface area contributed by atoms with E-state index in [0.29, 0.717) is 12.1 Å². The molecular formula is C20H31N3O. The van der Waals surface area contributed by atoms with E-state index in [2.05, 4.69) is 47.9 Å². The molecule has 24 heavy (non-hydrogen) atoms. The Hall–Kier alpha value is -1.13. The third-order valence-corrected chi connectivity index (χ3v) is 6.24. The first-order valence-electron chi connectivity index (χ1n) is 9.56. The smallest absolute Gasteiger partial charge is 0.0733 e. The summed E-state index contributed by atoms with van der Waals surface area (Å²) in [5.41, 5.74) is 2.45. The van der Waals surface area contributed by atoms with E-state index < -0.39 is 0 Å². The minimum Gasteiger partial charge on any atom is -0.376 e. The summed E-state index contributed by atoms with van der Waals surface area (Å²) >= 11 is 0. The zero-order chi connectivity index (χ0) is 16.7. The molecular weight excluding hydrogens is 298 g/mol. The van der Waals surface area contributed by atoms with Crippen molar-refractivity contribution in [1.29, 1.82) is 0 Å². The number of nitrogens with zero attached hydrogens (tertiary/aromatic N) is 3. The molecule has 0 unspecified atom stereocenters. The van der Waals surface area contributed by atoms with Gasteiger partial charge in [-0.15, -0.1) is 0 Å². The lowest BCUT2D eigenvalue weighted by Gasteiger charge is -2.41. The van der Waals surface area contributed by atoms with Crippen molar-refractivity contribution < 1.29 is 4.74 Å². The van der Waals surface area contributed by atoms with Gasteiger partial charge in [0.25, 0.3) is 0 Å². The Morgan fingerprint density at radius 3 is 2.62 bits per heavy atom. The summed E-state index contributed by atoms with van der Waals surface area (Å²) in [7, 11) is 4.44. The molecule has 3 fully saturated rings. The number of aryl methyl sites for hydroxylation is 1. The molecule has 4 nitrogen and oxygen atoms in total. The molecule has 3 aliphatic rings. The molecule has 0 amide bonds. The monoisotopic (exact) mass is 329 g/mol. The number of ether oxygens (including phenoxy) is 1. The van der Waals surface area contributed by atoms with Gasteiger partial charge in [-0.2, -0.15) is 0 Å². The molecule has 0 aromatic carbocycles. The van der Waals surface area contributed by atoms with Crippen LogP contribution in [-0.4, -0.2) is 55.8 Å². The molecule has 1 aromatic rings. The summed E-state index contributed by atoms with van der Waals surface area (Å²) in [5, 5.41) is 0. The fourth-order valence-electron chi connectivity index (χ4n) is 4.60. The molecule has 4 rings (SSSR count). The first-order chi connectivity index (χ1) is 11.6. The van der Waals surface area contributed by atoms with E-state index >= 15 is 0 Å².